The monoisotopic (exact) mass is 323 g/mol. The molecule has 1 N–H and O–H groups in total. The Balaban J connectivity index is 1.67. The number of rotatable bonds is 3. The highest BCUT2D eigenvalue weighted by atomic mass is 35.5. The van der Waals surface area contributed by atoms with Crippen molar-refractivity contribution in [2.45, 2.75) is 6.42 Å². The Morgan fingerprint density at radius 1 is 1.05 bits per heavy atom. The number of carbonyl (C=O) groups excluding carboxylic acids is 1. The van der Waals surface area contributed by atoms with Crippen molar-refractivity contribution < 1.29 is 14.3 Å². The minimum atomic E-state index is -0.146. The molecule has 108 valence electrons. The van der Waals surface area contributed by atoms with E-state index in [9.17, 15) is 4.79 Å². The van der Waals surface area contributed by atoms with Crippen molar-refractivity contribution in [1.82, 2.24) is 0 Å². The van der Waals surface area contributed by atoms with Gasteiger partial charge in [-0.25, -0.2) is 0 Å². The molecule has 0 bridgehead atoms. The van der Waals surface area contributed by atoms with Gasteiger partial charge in [0.2, 0.25) is 12.7 Å². The number of nitrogens with one attached hydrogen (secondary N) is 1. The molecule has 3 rings (SSSR count). The first-order valence-corrected chi connectivity index (χ1v) is 7.01. The summed E-state index contributed by atoms with van der Waals surface area (Å²) in [5.74, 6) is 1.16. The molecule has 0 aliphatic carbocycles. The molecule has 0 radical (unpaired) electrons. The highest BCUT2D eigenvalue weighted by molar-refractivity contribution is 6.42. The average molecular weight is 324 g/mol. The van der Waals surface area contributed by atoms with E-state index in [1.165, 1.54) is 0 Å². The van der Waals surface area contributed by atoms with Crippen LogP contribution in [0.2, 0.25) is 10.0 Å². The number of benzene rings is 2. The Labute approximate surface area is 131 Å². The molecule has 0 atom stereocenters. The fourth-order valence-electron chi connectivity index (χ4n) is 2.01. The van der Waals surface area contributed by atoms with Crippen molar-refractivity contribution >= 4 is 34.8 Å². The van der Waals surface area contributed by atoms with E-state index in [2.05, 4.69) is 5.32 Å². The largest absolute Gasteiger partial charge is 0.454 e. The SMILES string of the molecule is O=C(Cc1ccc(Cl)c(Cl)c1)Nc1ccc2c(c1)OCO2. The van der Waals surface area contributed by atoms with E-state index in [0.717, 1.165) is 5.56 Å². The summed E-state index contributed by atoms with van der Waals surface area (Å²) in [7, 11) is 0. The first kappa shape index (κ1) is 14.0. The van der Waals surface area contributed by atoms with E-state index in [1.54, 1.807) is 36.4 Å². The Hall–Kier alpha value is -1.91. The van der Waals surface area contributed by atoms with Crippen LogP contribution >= 0.6 is 23.2 Å². The predicted molar refractivity (Wildman–Crippen MR) is 81.4 cm³/mol. The maximum absolute atomic E-state index is 12.0. The molecular formula is C15H11Cl2NO3. The smallest absolute Gasteiger partial charge is 0.231 e. The Morgan fingerprint density at radius 3 is 2.67 bits per heavy atom. The van der Waals surface area contributed by atoms with Crippen molar-refractivity contribution in [2.75, 3.05) is 12.1 Å². The van der Waals surface area contributed by atoms with Gasteiger partial charge in [0.25, 0.3) is 0 Å². The third kappa shape index (κ3) is 3.23. The molecule has 2 aromatic carbocycles. The van der Waals surface area contributed by atoms with Crippen LogP contribution in [0.15, 0.2) is 36.4 Å². The van der Waals surface area contributed by atoms with E-state index in [4.69, 9.17) is 32.7 Å². The van der Waals surface area contributed by atoms with Gasteiger partial charge in [0.05, 0.1) is 16.5 Å². The summed E-state index contributed by atoms with van der Waals surface area (Å²) in [5, 5.41) is 3.71. The number of halogens is 2. The van der Waals surface area contributed by atoms with Crippen LogP contribution in [0.3, 0.4) is 0 Å². The summed E-state index contributed by atoms with van der Waals surface area (Å²) < 4.78 is 10.5. The van der Waals surface area contributed by atoms with Gasteiger partial charge in [-0.15, -0.1) is 0 Å². The molecule has 0 unspecified atom stereocenters. The first-order valence-electron chi connectivity index (χ1n) is 6.25. The molecule has 1 heterocycles. The van der Waals surface area contributed by atoms with Crippen molar-refractivity contribution in [1.29, 1.82) is 0 Å². The van der Waals surface area contributed by atoms with Crippen molar-refractivity contribution in [3.05, 3.63) is 52.0 Å². The lowest BCUT2D eigenvalue weighted by Gasteiger charge is -2.07. The lowest BCUT2D eigenvalue weighted by Crippen LogP contribution is -2.14. The summed E-state index contributed by atoms with van der Waals surface area (Å²) in [4.78, 5) is 12.0. The zero-order valence-corrected chi connectivity index (χ0v) is 12.4. The molecule has 2 aromatic rings. The number of hydrogen-bond acceptors (Lipinski definition) is 3. The topological polar surface area (TPSA) is 47.6 Å². The predicted octanol–water partition coefficient (Wildman–Crippen LogP) is 3.90. The molecule has 1 aliphatic heterocycles. The molecule has 1 amide bonds. The van der Waals surface area contributed by atoms with Crippen LogP contribution in [-0.4, -0.2) is 12.7 Å². The lowest BCUT2D eigenvalue weighted by molar-refractivity contribution is -0.115. The third-order valence-corrected chi connectivity index (χ3v) is 3.74. The fourth-order valence-corrected chi connectivity index (χ4v) is 2.34. The van der Waals surface area contributed by atoms with Gasteiger partial charge in [0, 0.05) is 11.8 Å². The second kappa shape index (κ2) is 5.84. The van der Waals surface area contributed by atoms with Gasteiger partial charge >= 0.3 is 0 Å². The summed E-state index contributed by atoms with van der Waals surface area (Å²) >= 11 is 11.8. The molecule has 0 fully saturated rings. The van der Waals surface area contributed by atoms with Crippen molar-refractivity contribution in [3.8, 4) is 11.5 Å². The van der Waals surface area contributed by atoms with E-state index < -0.39 is 0 Å². The molecule has 0 spiro atoms. The van der Waals surface area contributed by atoms with Gasteiger partial charge in [-0.2, -0.15) is 0 Å². The molecular weight excluding hydrogens is 313 g/mol. The molecule has 0 aromatic heterocycles. The van der Waals surface area contributed by atoms with Gasteiger partial charge < -0.3 is 14.8 Å². The van der Waals surface area contributed by atoms with Crippen LogP contribution in [0, 0.1) is 0 Å². The summed E-state index contributed by atoms with van der Waals surface area (Å²) in [5.41, 5.74) is 1.45. The summed E-state index contributed by atoms with van der Waals surface area (Å²) in [6.45, 7) is 0.204. The average Bonchev–Trinajstić information content (AvgIpc) is 2.90. The van der Waals surface area contributed by atoms with Gasteiger partial charge in [-0.05, 0) is 29.8 Å². The lowest BCUT2D eigenvalue weighted by atomic mass is 10.1. The maximum Gasteiger partial charge on any atom is 0.231 e. The molecule has 21 heavy (non-hydrogen) atoms. The standard InChI is InChI=1S/C15H11Cl2NO3/c16-11-3-1-9(5-12(11)17)6-15(19)18-10-2-4-13-14(7-10)21-8-20-13/h1-5,7H,6,8H2,(H,18,19). The van der Waals surface area contributed by atoms with Crippen LogP contribution in [0.5, 0.6) is 11.5 Å². The normalized spacial score (nSPS) is 12.3. The van der Waals surface area contributed by atoms with E-state index in [-0.39, 0.29) is 19.1 Å². The van der Waals surface area contributed by atoms with E-state index >= 15 is 0 Å². The van der Waals surface area contributed by atoms with Crippen LogP contribution in [0.1, 0.15) is 5.56 Å². The molecule has 0 saturated heterocycles. The van der Waals surface area contributed by atoms with Crippen LogP contribution in [0.25, 0.3) is 0 Å². The zero-order valence-electron chi connectivity index (χ0n) is 10.9. The molecule has 6 heteroatoms. The number of amides is 1. The number of ether oxygens (including phenoxy) is 2. The summed E-state index contributed by atoms with van der Waals surface area (Å²) in [6.07, 6.45) is 0.214. The Bertz CT molecular complexity index is 703. The number of carbonyl (C=O) groups is 1. The van der Waals surface area contributed by atoms with E-state index in [1.807, 2.05) is 0 Å². The van der Waals surface area contributed by atoms with Gasteiger partial charge in [0.1, 0.15) is 0 Å². The zero-order chi connectivity index (χ0) is 14.8. The number of fused-ring (bicyclic) bond motifs is 1. The van der Waals surface area contributed by atoms with Crippen LogP contribution < -0.4 is 14.8 Å². The molecule has 0 saturated carbocycles. The van der Waals surface area contributed by atoms with Crippen molar-refractivity contribution in [3.63, 3.8) is 0 Å². The van der Waals surface area contributed by atoms with Crippen LogP contribution in [0.4, 0.5) is 5.69 Å². The number of anilines is 1. The quantitative estimate of drug-likeness (QED) is 0.931. The second-order valence-corrected chi connectivity index (χ2v) is 5.36. The van der Waals surface area contributed by atoms with Gasteiger partial charge in [-0.1, -0.05) is 29.3 Å². The van der Waals surface area contributed by atoms with Gasteiger partial charge in [-0.3, -0.25) is 4.79 Å². The highest BCUT2D eigenvalue weighted by Gasteiger charge is 2.14. The fraction of sp³-hybridized carbons (Fsp3) is 0.133. The van der Waals surface area contributed by atoms with E-state index in [0.29, 0.717) is 27.2 Å². The van der Waals surface area contributed by atoms with Crippen molar-refractivity contribution in [2.24, 2.45) is 0 Å². The minimum absolute atomic E-state index is 0.146. The first-order chi connectivity index (χ1) is 10.1. The van der Waals surface area contributed by atoms with Gasteiger partial charge in [0.15, 0.2) is 11.5 Å². The number of hydrogen-bond donors (Lipinski definition) is 1. The second-order valence-electron chi connectivity index (χ2n) is 4.54. The molecule has 1 aliphatic rings. The minimum Gasteiger partial charge on any atom is -0.454 e. The van der Waals surface area contributed by atoms with Crippen LogP contribution in [-0.2, 0) is 11.2 Å². The maximum atomic E-state index is 12.0. The Kier molecular flexibility index (Phi) is 3.90. The third-order valence-electron chi connectivity index (χ3n) is 3.01. The summed E-state index contributed by atoms with van der Waals surface area (Å²) in [6, 6.07) is 10.4. The highest BCUT2D eigenvalue weighted by Crippen LogP contribution is 2.34. The molecule has 4 nitrogen and oxygen atoms in total. The Morgan fingerprint density at radius 2 is 1.86 bits per heavy atom.